The molecule has 8 heteroatoms. The molecule has 1 aromatic heterocycles. The number of aromatic nitrogens is 2. The predicted molar refractivity (Wildman–Crippen MR) is 86.2 cm³/mol. The van der Waals surface area contributed by atoms with E-state index in [0.717, 1.165) is 12.1 Å². The molecule has 1 heterocycles. The molecule has 2 aromatic carbocycles. The molecule has 0 atom stereocenters. The Labute approximate surface area is 140 Å². The van der Waals surface area contributed by atoms with Gasteiger partial charge in [0, 0.05) is 12.8 Å². The van der Waals surface area contributed by atoms with Crippen LogP contribution in [-0.2, 0) is 17.5 Å². The molecule has 25 heavy (non-hydrogen) atoms. The molecule has 0 aliphatic rings. The van der Waals surface area contributed by atoms with Gasteiger partial charge in [-0.05, 0) is 30.3 Å². The molecule has 130 valence electrons. The van der Waals surface area contributed by atoms with E-state index < -0.39 is 23.2 Å². The third-order valence-electron chi connectivity index (χ3n) is 3.55. The topological polar surface area (TPSA) is 67.0 Å². The number of hydrogen-bond donors (Lipinski definition) is 2. The summed E-state index contributed by atoms with van der Waals surface area (Å²) in [6.45, 7) is 0.301. The van der Waals surface area contributed by atoms with Gasteiger partial charge in [0.1, 0.15) is 12.4 Å². The molecule has 0 aliphatic heterocycles. The van der Waals surface area contributed by atoms with Crippen LogP contribution >= 0.6 is 0 Å². The van der Waals surface area contributed by atoms with Crippen LogP contribution in [0.4, 0.5) is 18.9 Å². The van der Waals surface area contributed by atoms with E-state index in [4.69, 9.17) is 4.74 Å². The molecule has 2 N–H and O–H groups in total. The van der Waals surface area contributed by atoms with E-state index in [1.165, 1.54) is 19.2 Å². The normalized spacial score (nSPS) is 11.7. The predicted octanol–water partition coefficient (Wildman–Crippen LogP) is 3.98. The van der Waals surface area contributed by atoms with E-state index in [1.54, 1.807) is 18.2 Å². The van der Waals surface area contributed by atoms with Crippen molar-refractivity contribution >= 4 is 22.6 Å². The number of alkyl halides is 3. The zero-order chi connectivity index (χ0) is 18.0. The quantitative estimate of drug-likeness (QED) is 0.749. The number of anilines is 1. The van der Waals surface area contributed by atoms with E-state index in [9.17, 15) is 18.0 Å². The van der Waals surface area contributed by atoms with E-state index in [0.29, 0.717) is 29.2 Å². The first-order valence-electron chi connectivity index (χ1n) is 7.33. The number of hydrogen-bond acceptors (Lipinski definition) is 3. The van der Waals surface area contributed by atoms with Crippen LogP contribution in [0.25, 0.3) is 11.0 Å². The number of halogens is 3. The summed E-state index contributed by atoms with van der Waals surface area (Å²) in [6, 6.07) is 9.50. The van der Waals surface area contributed by atoms with Crippen molar-refractivity contribution < 1.29 is 22.7 Å². The number of fused-ring (bicyclic) bond motifs is 1. The standard InChI is InChI=1S/C17H14F3N3O2/c1-25-9-15-22-13-7-6-10(8-14(13)23-15)21-16(24)11-4-2-3-5-12(11)17(18,19)20/h2-8H,9H2,1H3,(H,21,24)(H,22,23). The van der Waals surface area contributed by atoms with Crippen molar-refractivity contribution in [3.63, 3.8) is 0 Å². The van der Waals surface area contributed by atoms with Gasteiger partial charge in [-0.15, -0.1) is 0 Å². The van der Waals surface area contributed by atoms with Crippen LogP contribution < -0.4 is 5.32 Å². The summed E-state index contributed by atoms with van der Waals surface area (Å²) in [6.07, 6.45) is -4.60. The molecule has 3 aromatic rings. The smallest absolute Gasteiger partial charge is 0.377 e. The highest BCUT2D eigenvalue weighted by atomic mass is 19.4. The van der Waals surface area contributed by atoms with Crippen LogP contribution in [-0.4, -0.2) is 23.0 Å². The minimum atomic E-state index is -4.60. The third kappa shape index (κ3) is 3.63. The monoisotopic (exact) mass is 349 g/mol. The summed E-state index contributed by atoms with van der Waals surface area (Å²) < 4.78 is 44.1. The Bertz CT molecular complexity index is 919. The Morgan fingerprint density at radius 2 is 2.00 bits per heavy atom. The molecule has 0 fully saturated rings. The molecule has 0 unspecified atom stereocenters. The second-order valence-electron chi connectivity index (χ2n) is 5.35. The third-order valence-corrected chi connectivity index (χ3v) is 3.55. The summed E-state index contributed by atoms with van der Waals surface area (Å²) in [4.78, 5) is 19.6. The molecule has 0 radical (unpaired) electrons. The number of rotatable bonds is 4. The summed E-state index contributed by atoms with van der Waals surface area (Å²) in [7, 11) is 1.54. The molecule has 0 bridgehead atoms. The summed E-state index contributed by atoms with van der Waals surface area (Å²) >= 11 is 0. The van der Waals surface area contributed by atoms with E-state index in [-0.39, 0.29) is 0 Å². The number of H-pyrrole nitrogens is 1. The maximum atomic E-state index is 13.0. The van der Waals surface area contributed by atoms with Crippen molar-refractivity contribution in [2.24, 2.45) is 0 Å². The fourth-order valence-electron chi connectivity index (χ4n) is 2.47. The Kier molecular flexibility index (Phi) is 4.45. The van der Waals surface area contributed by atoms with Crippen molar-refractivity contribution in [3.8, 4) is 0 Å². The summed E-state index contributed by atoms with van der Waals surface area (Å²) in [5, 5.41) is 2.49. The van der Waals surface area contributed by atoms with Gasteiger partial charge in [0.25, 0.3) is 5.91 Å². The molecular weight excluding hydrogens is 335 g/mol. The zero-order valence-corrected chi connectivity index (χ0v) is 13.1. The average molecular weight is 349 g/mol. The molecule has 5 nitrogen and oxygen atoms in total. The fourth-order valence-corrected chi connectivity index (χ4v) is 2.47. The Morgan fingerprint density at radius 1 is 1.24 bits per heavy atom. The molecule has 0 spiro atoms. The number of carbonyl (C=O) groups excluding carboxylic acids is 1. The second-order valence-corrected chi connectivity index (χ2v) is 5.35. The first-order valence-corrected chi connectivity index (χ1v) is 7.33. The van der Waals surface area contributed by atoms with Gasteiger partial charge in [-0.1, -0.05) is 12.1 Å². The van der Waals surface area contributed by atoms with Crippen molar-refractivity contribution in [2.45, 2.75) is 12.8 Å². The summed E-state index contributed by atoms with van der Waals surface area (Å²) in [5.74, 6) is -0.215. The number of benzene rings is 2. The average Bonchev–Trinajstić information content (AvgIpc) is 2.96. The van der Waals surface area contributed by atoms with Gasteiger partial charge >= 0.3 is 6.18 Å². The Morgan fingerprint density at radius 3 is 2.72 bits per heavy atom. The minimum absolute atomic E-state index is 0.301. The highest BCUT2D eigenvalue weighted by Gasteiger charge is 2.34. The number of aromatic amines is 1. The number of nitrogens with one attached hydrogen (secondary N) is 2. The lowest BCUT2D eigenvalue weighted by Crippen LogP contribution is -2.18. The van der Waals surface area contributed by atoms with Gasteiger partial charge in [0.05, 0.1) is 22.2 Å². The van der Waals surface area contributed by atoms with Gasteiger partial charge in [-0.2, -0.15) is 13.2 Å². The first-order chi connectivity index (χ1) is 11.9. The largest absolute Gasteiger partial charge is 0.417 e. The number of carbonyl (C=O) groups is 1. The van der Waals surface area contributed by atoms with Gasteiger partial charge in [0.2, 0.25) is 0 Å². The molecule has 0 saturated carbocycles. The number of imidazole rings is 1. The second kappa shape index (κ2) is 6.56. The maximum absolute atomic E-state index is 13.0. The SMILES string of the molecule is COCc1nc2ccc(NC(=O)c3ccccc3C(F)(F)F)cc2[nH]1. The van der Waals surface area contributed by atoms with Crippen LogP contribution in [0.3, 0.4) is 0 Å². The van der Waals surface area contributed by atoms with E-state index in [2.05, 4.69) is 15.3 Å². The lowest BCUT2D eigenvalue weighted by molar-refractivity contribution is -0.137. The zero-order valence-electron chi connectivity index (χ0n) is 13.1. The van der Waals surface area contributed by atoms with Crippen LogP contribution in [0.1, 0.15) is 21.7 Å². The van der Waals surface area contributed by atoms with Crippen LogP contribution in [0.15, 0.2) is 42.5 Å². The van der Waals surface area contributed by atoms with Crippen LogP contribution in [0.5, 0.6) is 0 Å². The van der Waals surface area contributed by atoms with Crippen molar-refractivity contribution in [2.75, 3.05) is 12.4 Å². The Balaban J connectivity index is 1.87. The summed E-state index contributed by atoms with van der Waals surface area (Å²) in [5.41, 5.74) is 0.272. The molecule has 3 rings (SSSR count). The van der Waals surface area contributed by atoms with Crippen molar-refractivity contribution in [3.05, 3.63) is 59.4 Å². The minimum Gasteiger partial charge on any atom is -0.377 e. The Hall–Kier alpha value is -2.87. The van der Waals surface area contributed by atoms with Gasteiger partial charge in [-0.3, -0.25) is 4.79 Å². The van der Waals surface area contributed by atoms with Gasteiger partial charge < -0.3 is 15.0 Å². The van der Waals surface area contributed by atoms with Gasteiger partial charge in [-0.25, -0.2) is 4.98 Å². The fraction of sp³-hybridized carbons (Fsp3) is 0.176. The highest BCUT2D eigenvalue weighted by Crippen LogP contribution is 2.32. The van der Waals surface area contributed by atoms with Crippen LogP contribution in [0, 0.1) is 0 Å². The molecular formula is C17H14F3N3O2. The molecule has 1 amide bonds. The van der Waals surface area contributed by atoms with Crippen molar-refractivity contribution in [1.82, 2.24) is 9.97 Å². The molecule has 0 aliphatic carbocycles. The van der Waals surface area contributed by atoms with E-state index in [1.807, 2.05) is 0 Å². The highest BCUT2D eigenvalue weighted by molar-refractivity contribution is 6.06. The van der Waals surface area contributed by atoms with E-state index >= 15 is 0 Å². The van der Waals surface area contributed by atoms with Crippen molar-refractivity contribution in [1.29, 1.82) is 0 Å². The van der Waals surface area contributed by atoms with Gasteiger partial charge in [0.15, 0.2) is 0 Å². The lowest BCUT2D eigenvalue weighted by atomic mass is 10.1. The number of methoxy groups -OCH3 is 1. The molecule has 0 saturated heterocycles. The number of amides is 1. The van der Waals surface area contributed by atoms with Crippen LogP contribution in [0.2, 0.25) is 0 Å². The lowest BCUT2D eigenvalue weighted by Gasteiger charge is -2.12. The maximum Gasteiger partial charge on any atom is 0.417 e. The first kappa shape index (κ1) is 17.0. The number of ether oxygens (including phenoxy) is 1. The number of nitrogens with zero attached hydrogens (tertiary/aromatic N) is 1.